The minimum atomic E-state index is -0.173. The van der Waals surface area contributed by atoms with Crippen LogP contribution in [0.5, 0.6) is 0 Å². The van der Waals surface area contributed by atoms with Crippen molar-refractivity contribution < 1.29 is 9.90 Å². The van der Waals surface area contributed by atoms with E-state index >= 15 is 0 Å². The molecule has 0 radical (unpaired) electrons. The monoisotopic (exact) mass is 314 g/mol. The Morgan fingerprint density at radius 2 is 2.11 bits per heavy atom. The highest BCUT2D eigenvalue weighted by molar-refractivity contribution is 9.10. The second-order valence-corrected chi connectivity index (χ2v) is 5.51. The van der Waals surface area contributed by atoms with E-state index in [4.69, 9.17) is 10.8 Å². The lowest BCUT2D eigenvalue weighted by Crippen LogP contribution is -2.38. The molecular formula is C13H19BrN2O2. The molecular weight excluding hydrogens is 296 g/mol. The number of anilines is 1. The summed E-state index contributed by atoms with van der Waals surface area (Å²) in [7, 11) is 0. The van der Waals surface area contributed by atoms with Gasteiger partial charge in [-0.05, 0) is 37.5 Å². The lowest BCUT2D eigenvalue weighted by atomic mass is 10.0. The maximum Gasteiger partial charge on any atom is 0.251 e. The zero-order valence-corrected chi connectivity index (χ0v) is 12.4. The molecule has 0 saturated carbocycles. The molecule has 1 aromatic rings. The zero-order chi connectivity index (χ0) is 13.9. The molecule has 4 N–H and O–H groups in total. The molecule has 2 unspecified atom stereocenters. The molecule has 4 nitrogen and oxygen atoms in total. The number of halogens is 1. The quantitative estimate of drug-likeness (QED) is 0.745. The van der Waals surface area contributed by atoms with Gasteiger partial charge in [-0.25, -0.2) is 0 Å². The Bertz CT molecular complexity index is 449. The smallest absolute Gasteiger partial charge is 0.251 e. The SMILES string of the molecule is Cc1c(N)cc(Br)cc1C(=O)NC(C)C(C)CO. The van der Waals surface area contributed by atoms with Crippen molar-refractivity contribution in [2.45, 2.75) is 26.8 Å². The maximum atomic E-state index is 12.1. The Morgan fingerprint density at radius 3 is 2.67 bits per heavy atom. The molecule has 0 aliphatic carbocycles. The molecule has 1 aromatic carbocycles. The first kappa shape index (κ1) is 15.0. The van der Waals surface area contributed by atoms with Crippen molar-refractivity contribution in [3.63, 3.8) is 0 Å². The predicted octanol–water partition coefficient (Wildman–Crippen LogP) is 2.09. The van der Waals surface area contributed by atoms with E-state index in [2.05, 4.69) is 21.2 Å². The number of carbonyl (C=O) groups is 1. The number of amides is 1. The van der Waals surface area contributed by atoms with Crippen LogP contribution < -0.4 is 11.1 Å². The Hall–Kier alpha value is -1.07. The Morgan fingerprint density at radius 1 is 1.50 bits per heavy atom. The average Bonchev–Trinajstić information content (AvgIpc) is 2.32. The topological polar surface area (TPSA) is 75.4 Å². The zero-order valence-electron chi connectivity index (χ0n) is 10.8. The van der Waals surface area contributed by atoms with Crippen molar-refractivity contribution in [1.29, 1.82) is 0 Å². The van der Waals surface area contributed by atoms with Crippen LogP contribution in [0.2, 0.25) is 0 Å². The van der Waals surface area contributed by atoms with Gasteiger partial charge in [0.1, 0.15) is 0 Å². The summed E-state index contributed by atoms with van der Waals surface area (Å²) in [5.74, 6) is -0.160. The van der Waals surface area contributed by atoms with E-state index in [1.165, 1.54) is 0 Å². The van der Waals surface area contributed by atoms with Crippen molar-refractivity contribution >= 4 is 27.5 Å². The predicted molar refractivity (Wildman–Crippen MR) is 76.5 cm³/mol. The molecule has 1 rings (SSSR count). The van der Waals surface area contributed by atoms with Crippen molar-refractivity contribution in [2.75, 3.05) is 12.3 Å². The van der Waals surface area contributed by atoms with E-state index in [9.17, 15) is 4.79 Å². The third kappa shape index (κ3) is 3.46. The lowest BCUT2D eigenvalue weighted by Gasteiger charge is -2.20. The highest BCUT2D eigenvalue weighted by Gasteiger charge is 2.17. The summed E-state index contributed by atoms with van der Waals surface area (Å²) < 4.78 is 0.776. The molecule has 0 spiro atoms. The summed E-state index contributed by atoms with van der Waals surface area (Å²) in [5, 5.41) is 11.9. The van der Waals surface area contributed by atoms with E-state index in [0.29, 0.717) is 11.3 Å². The van der Waals surface area contributed by atoms with Crippen LogP contribution in [0.1, 0.15) is 29.8 Å². The fourth-order valence-electron chi connectivity index (χ4n) is 1.52. The van der Waals surface area contributed by atoms with Crippen molar-refractivity contribution in [3.05, 3.63) is 27.7 Å². The second kappa shape index (κ2) is 6.20. The van der Waals surface area contributed by atoms with Crippen molar-refractivity contribution in [3.8, 4) is 0 Å². The minimum absolute atomic E-state index is 0.0127. The van der Waals surface area contributed by atoms with Crippen LogP contribution in [0.15, 0.2) is 16.6 Å². The number of aliphatic hydroxyl groups excluding tert-OH is 1. The molecule has 0 bridgehead atoms. The minimum Gasteiger partial charge on any atom is -0.398 e. The molecule has 1 amide bonds. The van der Waals surface area contributed by atoms with Gasteiger partial charge in [0.05, 0.1) is 0 Å². The summed E-state index contributed by atoms with van der Waals surface area (Å²) in [6.07, 6.45) is 0. The molecule has 0 fully saturated rings. The van der Waals surface area contributed by atoms with Gasteiger partial charge in [0.2, 0.25) is 0 Å². The lowest BCUT2D eigenvalue weighted by molar-refractivity contribution is 0.0915. The van der Waals surface area contributed by atoms with E-state index in [-0.39, 0.29) is 24.5 Å². The number of carbonyl (C=O) groups excluding carboxylic acids is 1. The van der Waals surface area contributed by atoms with E-state index in [1.54, 1.807) is 12.1 Å². The van der Waals surface area contributed by atoms with E-state index in [1.807, 2.05) is 20.8 Å². The van der Waals surface area contributed by atoms with Crippen LogP contribution in [0, 0.1) is 12.8 Å². The van der Waals surface area contributed by atoms with E-state index < -0.39 is 0 Å². The molecule has 18 heavy (non-hydrogen) atoms. The first-order valence-electron chi connectivity index (χ1n) is 5.84. The first-order valence-corrected chi connectivity index (χ1v) is 6.63. The number of hydrogen-bond acceptors (Lipinski definition) is 3. The number of hydrogen-bond donors (Lipinski definition) is 3. The van der Waals surface area contributed by atoms with Gasteiger partial charge in [-0.2, -0.15) is 0 Å². The number of aliphatic hydroxyl groups is 1. The molecule has 5 heteroatoms. The fourth-order valence-corrected chi connectivity index (χ4v) is 2.00. The summed E-state index contributed by atoms with van der Waals surface area (Å²) >= 11 is 3.32. The Labute approximate surface area is 116 Å². The summed E-state index contributed by atoms with van der Waals surface area (Å²) in [6, 6.07) is 3.42. The van der Waals surface area contributed by atoms with Crippen LogP contribution in [0.25, 0.3) is 0 Å². The van der Waals surface area contributed by atoms with Gasteiger partial charge in [-0.15, -0.1) is 0 Å². The van der Waals surface area contributed by atoms with Crippen LogP contribution >= 0.6 is 15.9 Å². The first-order chi connectivity index (χ1) is 8.36. The number of benzene rings is 1. The normalized spacial score (nSPS) is 14.1. The standard InChI is InChI=1S/C13H19BrN2O2/c1-7(6-17)9(3)16-13(18)11-4-10(14)5-12(15)8(11)2/h4-5,7,9,17H,6,15H2,1-3H3,(H,16,18). The average molecular weight is 315 g/mol. The van der Waals surface area contributed by atoms with Crippen LogP contribution in [-0.2, 0) is 0 Å². The third-order valence-electron chi connectivity index (χ3n) is 3.16. The maximum absolute atomic E-state index is 12.1. The van der Waals surface area contributed by atoms with Gasteiger partial charge in [-0.3, -0.25) is 4.79 Å². The summed E-state index contributed by atoms with van der Waals surface area (Å²) in [5.41, 5.74) is 7.72. The Balaban J connectivity index is 2.91. The summed E-state index contributed by atoms with van der Waals surface area (Å²) in [4.78, 5) is 12.1. The third-order valence-corrected chi connectivity index (χ3v) is 3.62. The molecule has 0 heterocycles. The number of nitrogens with two attached hydrogens (primary N) is 1. The molecule has 0 saturated heterocycles. The van der Waals surface area contributed by atoms with Gasteiger partial charge in [-0.1, -0.05) is 22.9 Å². The summed E-state index contributed by atoms with van der Waals surface area (Å²) in [6.45, 7) is 5.61. The largest absolute Gasteiger partial charge is 0.398 e. The Kier molecular flexibility index (Phi) is 5.16. The highest BCUT2D eigenvalue weighted by Crippen LogP contribution is 2.22. The van der Waals surface area contributed by atoms with Gasteiger partial charge in [0.25, 0.3) is 5.91 Å². The molecule has 100 valence electrons. The van der Waals surface area contributed by atoms with Crippen LogP contribution in [0.4, 0.5) is 5.69 Å². The van der Waals surface area contributed by atoms with Gasteiger partial charge >= 0.3 is 0 Å². The number of nitrogens with one attached hydrogen (secondary N) is 1. The van der Waals surface area contributed by atoms with Gasteiger partial charge in [0, 0.05) is 28.4 Å². The van der Waals surface area contributed by atoms with Crippen LogP contribution in [-0.4, -0.2) is 23.7 Å². The second-order valence-electron chi connectivity index (χ2n) is 4.59. The van der Waals surface area contributed by atoms with Crippen molar-refractivity contribution in [1.82, 2.24) is 5.32 Å². The van der Waals surface area contributed by atoms with Gasteiger partial charge < -0.3 is 16.2 Å². The fraction of sp³-hybridized carbons (Fsp3) is 0.462. The highest BCUT2D eigenvalue weighted by atomic mass is 79.9. The molecule has 2 atom stereocenters. The van der Waals surface area contributed by atoms with E-state index in [0.717, 1.165) is 10.0 Å². The molecule has 0 aromatic heterocycles. The molecule has 0 aliphatic heterocycles. The van der Waals surface area contributed by atoms with Crippen LogP contribution in [0.3, 0.4) is 0 Å². The number of nitrogen functional groups attached to an aromatic ring is 1. The number of rotatable bonds is 4. The van der Waals surface area contributed by atoms with Gasteiger partial charge in [0.15, 0.2) is 0 Å². The van der Waals surface area contributed by atoms with Crippen molar-refractivity contribution in [2.24, 2.45) is 5.92 Å². The molecule has 0 aliphatic rings.